The van der Waals surface area contributed by atoms with Crippen LogP contribution in [0, 0.1) is 13.8 Å². The van der Waals surface area contributed by atoms with Crippen molar-refractivity contribution < 1.29 is 4.79 Å². The SMILES string of the molecule is Cc1nc(C(=O)N(C)C)nc(N2CC[C@@H](NCc3ccc4cc[nH]c4c3)C2)c1C. The number of carbonyl (C=O) groups excluding carboxylic acids is 1. The smallest absolute Gasteiger partial charge is 0.291 e. The first-order chi connectivity index (χ1) is 13.9. The van der Waals surface area contributed by atoms with E-state index in [0.717, 1.165) is 43.1 Å². The van der Waals surface area contributed by atoms with Gasteiger partial charge in [-0.25, -0.2) is 9.97 Å². The first-order valence-corrected chi connectivity index (χ1v) is 10.0. The van der Waals surface area contributed by atoms with Gasteiger partial charge in [0.1, 0.15) is 5.82 Å². The fourth-order valence-electron chi connectivity index (χ4n) is 3.80. The molecule has 0 spiro atoms. The quantitative estimate of drug-likeness (QED) is 0.698. The maximum atomic E-state index is 12.3. The number of carbonyl (C=O) groups is 1. The molecule has 0 saturated carbocycles. The minimum Gasteiger partial charge on any atom is -0.361 e. The molecular formula is C22H28N6O. The van der Waals surface area contributed by atoms with Crippen molar-refractivity contribution in [3.63, 3.8) is 0 Å². The molecule has 152 valence electrons. The molecule has 2 aromatic heterocycles. The van der Waals surface area contributed by atoms with Crippen molar-refractivity contribution in [2.24, 2.45) is 0 Å². The van der Waals surface area contributed by atoms with Gasteiger partial charge in [0.25, 0.3) is 5.91 Å². The number of benzene rings is 1. The van der Waals surface area contributed by atoms with E-state index < -0.39 is 0 Å². The van der Waals surface area contributed by atoms with E-state index in [9.17, 15) is 4.79 Å². The largest absolute Gasteiger partial charge is 0.361 e. The van der Waals surface area contributed by atoms with Crippen LogP contribution in [0.3, 0.4) is 0 Å². The second-order valence-corrected chi connectivity index (χ2v) is 7.99. The maximum absolute atomic E-state index is 12.3. The first kappa shape index (κ1) is 19.4. The van der Waals surface area contributed by atoms with Crippen molar-refractivity contribution in [3.8, 4) is 0 Å². The van der Waals surface area contributed by atoms with Crippen LogP contribution in [0.15, 0.2) is 30.5 Å². The number of hydrogen-bond acceptors (Lipinski definition) is 5. The number of nitrogens with one attached hydrogen (secondary N) is 2. The number of rotatable bonds is 5. The van der Waals surface area contributed by atoms with Crippen molar-refractivity contribution in [2.45, 2.75) is 32.9 Å². The third-order valence-corrected chi connectivity index (χ3v) is 5.66. The van der Waals surface area contributed by atoms with E-state index in [1.165, 1.54) is 21.4 Å². The monoisotopic (exact) mass is 392 g/mol. The van der Waals surface area contributed by atoms with E-state index in [4.69, 9.17) is 0 Å². The molecule has 2 N–H and O–H groups in total. The zero-order chi connectivity index (χ0) is 20.5. The molecule has 1 atom stereocenters. The molecule has 0 bridgehead atoms. The maximum Gasteiger partial charge on any atom is 0.291 e. The number of fused-ring (bicyclic) bond motifs is 1. The lowest BCUT2D eigenvalue weighted by atomic mass is 10.1. The molecule has 1 aromatic carbocycles. The summed E-state index contributed by atoms with van der Waals surface area (Å²) in [5.74, 6) is 0.978. The van der Waals surface area contributed by atoms with Gasteiger partial charge in [-0.15, -0.1) is 0 Å². The average Bonchev–Trinajstić information content (AvgIpc) is 3.36. The lowest BCUT2D eigenvalue weighted by molar-refractivity contribution is 0.0815. The van der Waals surface area contributed by atoms with Crippen LogP contribution in [0.1, 0.15) is 33.9 Å². The van der Waals surface area contributed by atoms with Crippen LogP contribution in [0.25, 0.3) is 10.9 Å². The Kier molecular flexibility index (Phi) is 5.24. The second-order valence-electron chi connectivity index (χ2n) is 7.99. The minimum absolute atomic E-state index is 0.164. The fourth-order valence-corrected chi connectivity index (χ4v) is 3.80. The Bertz CT molecular complexity index is 1040. The van der Waals surface area contributed by atoms with E-state index in [-0.39, 0.29) is 11.7 Å². The van der Waals surface area contributed by atoms with Crippen LogP contribution in [0.4, 0.5) is 5.82 Å². The van der Waals surface area contributed by atoms with Gasteiger partial charge in [-0.05, 0) is 43.4 Å². The number of anilines is 1. The molecule has 1 amide bonds. The lowest BCUT2D eigenvalue weighted by Gasteiger charge is -2.22. The van der Waals surface area contributed by atoms with Crippen molar-refractivity contribution in [2.75, 3.05) is 32.1 Å². The molecule has 1 aliphatic rings. The summed E-state index contributed by atoms with van der Waals surface area (Å²) >= 11 is 0. The second kappa shape index (κ2) is 7.83. The molecule has 1 aliphatic heterocycles. The predicted octanol–water partition coefficient (Wildman–Crippen LogP) is 2.65. The van der Waals surface area contributed by atoms with Gasteiger partial charge in [0, 0.05) is 62.7 Å². The van der Waals surface area contributed by atoms with Crippen molar-refractivity contribution in [1.29, 1.82) is 0 Å². The van der Waals surface area contributed by atoms with Gasteiger partial charge in [0.15, 0.2) is 0 Å². The number of hydrogen-bond donors (Lipinski definition) is 2. The van der Waals surface area contributed by atoms with Gasteiger partial charge >= 0.3 is 0 Å². The van der Waals surface area contributed by atoms with Gasteiger partial charge in [-0.1, -0.05) is 12.1 Å². The molecule has 0 aliphatic carbocycles. The summed E-state index contributed by atoms with van der Waals surface area (Å²) in [7, 11) is 3.45. The minimum atomic E-state index is -0.164. The zero-order valence-corrected chi connectivity index (χ0v) is 17.5. The van der Waals surface area contributed by atoms with Crippen LogP contribution in [-0.2, 0) is 6.54 Å². The highest BCUT2D eigenvalue weighted by Gasteiger charge is 2.26. The molecule has 4 rings (SSSR count). The van der Waals surface area contributed by atoms with E-state index in [1.807, 2.05) is 20.0 Å². The van der Waals surface area contributed by atoms with E-state index in [0.29, 0.717) is 6.04 Å². The predicted molar refractivity (Wildman–Crippen MR) is 115 cm³/mol. The molecule has 7 heteroatoms. The average molecular weight is 393 g/mol. The van der Waals surface area contributed by atoms with Crippen LogP contribution in [-0.4, -0.2) is 59.0 Å². The van der Waals surface area contributed by atoms with E-state index in [2.05, 4.69) is 49.4 Å². The lowest BCUT2D eigenvalue weighted by Crippen LogP contribution is -2.33. The Labute approximate surface area is 171 Å². The first-order valence-electron chi connectivity index (χ1n) is 10.0. The molecular weight excluding hydrogens is 364 g/mol. The summed E-state index contributed by atoms with van der Waals surface area (Å²) in [5.41, 5.74) is 4.34. The topological polar surface area (TPSA) is 77.2 Å². The molecule has 0 unspecified atom stereocenters. The zero-order valence-electron chi connectivity index (χ0n) is 17.5. The molecule has 3 aromatic rings. The molecule has 29 heavy (non-hydrogen) atoms. The van der Waals surface area contributed by atoms with Gasteiger partial charge in [-0.2, -0.15) is 0 Å². The van der Waals surface area contributed by atoms with Crippen LogP contribution >= 0.6 is 0 Å². The Morgan fingerprint density at radius 2 is 2.10 bits per heavy atom. The number of nitrogens with zero attached hydrogens (tertiary/aromatic N) is 4. The molecule has 1 fully saturated rings. The highest BCUT2D eigenvalue weighted by Crippen LogP contribution is 2.24. The standard InChI is InChI=1S/C22H28N6O/c1-14-15(2)25-20(22(29)27(3)4)26-21(14)28-10-8-18(13-28)24-12-16-5-6-17-7-9-23-19(17)11-16/h5-7,9,11,18,23-24H,8,10,12-13H2,1-4H3/t18-/m1/s1. The number of H-pyrrole nitrogens is 1. The van der Waals surface area contributed by atoms with Crippen LogP contribution in [0.2, 0.25) is 0 Å². The van der Waals surface area contributed by atoms with Crippen molar-refractivity contribution in [3.05, 3.63) is 53.1 Å². The van der Waals surface area contributed by atoms with Crippen LogP contribution < -0.4 is 10.2 Å². The summed E-state index contributed by atoms with van der Waals surface area (Å²) in [6, 6.07) is 9.00. The number of aromatic amines is 1. The number of aromatic nitrogens is 3. The highest BCUT2D eigenvalue weighted by molar-refractivity contribution is 5.90. The molecule has 0 radical (unpaired) electrons. The van der Waals surface area contributed by atoms with Gasteiger partial charge in [-0.3, -0.25) is 4.79 Å². The van der Waals surface area contributed by atoms with Crippen molar-refractivity contribution in [1.82, 2.24) is 25.2 Å². The third kappa shape index (κ3) is 3.96. The van der Waals surface area contributed by atoms with E-state index in [1.54, 1.807) is 14.1 Å². The summed E-state index contributed by atoms with van der Waals surface area (Å²) in [6.07, 6.45) is 3.02. The summed E-state index contributed by atoms with van der Waals surface area (Å²) in [6.45, 7) is 6.59. The van der Waals surface area contributed by atoms with Crippen molar-refractivity contribution >= 4 is 22.6 Å². The number of aryl methyl sites for hydroxylation is 1. The summed E-state index contributed by atoms with van der Waals surface area (Å²) in [4.78, 5) is 28.4. The summed E-state index contributed by atoms with van der Waals surface area (Å²) in [5, 5.41) is 4.90. The Morgan fingerprint density at radius 1 is 1.28 bits per heavy atom. The third-order valence-electron chi connectivity index (χ3n) is 5.66. The fraction of sp³-hybridized carbons (Fsp3) is 0.409. The number of amides is 1. The summed E-state index contributed by atoms with van der Waals surface area (Å²) < 4.78 is 0. The Hall–Kier alpha value is -2.93. The van der Waals surface area contributed by atoms with Crippen LogP contribution in [0.5, 0.6) is 0 Å². The van der Waals surface area contributed by atoms with E-state index >= 15 is 0 Å². The van der Waals surface area contributed by atoms with Gasteiger partial charge in [0.2, 0.25) is 5.82 Å². The molecule has 1 saturated heterocycles. The highest BCUT2D eigenvalue weighted by atomic mass is 16.2. The van der Waals surface area contributed by atoms with Gasteiger partial charge < -0.3 is 20.1 Å². The molecule has 7 nitrogen and oxygen atoms in total. The van der Waals surface area contributed by atoms with Gasteiger partial charge in [0.05, 0.1) is 0 Å². The Morgan fingerprint density at radius 3 is 2.90 bits per heavy atom. The molecule has 3 heterocycles. The normalized spacial score (nSPS) is 16.6. The Balaban J connectivity index is 1.44.